The molecule has 0 bridgehead atoms. The lowest BCUT2D eigenvalue weighted by Gasteiger charge is -1.96. The van der Waals surface area contributed by atoms with Gasteiger partial charge in [0.15, 0.2) is 5.01 Å². The van der Waals surface area contributed by atoms with E-state index in [1.54, 1.807) is 29.8 Å². The molecule has 0 atom stereocenters. The van der Waals surface area contributed by atoms with Crippen molar-refractivity contribution in [2.45, 2.75) is 19.9 Å². The van der Waals surface area contributed by atoms with Gasteiger partial charge in [-0.15, -0.1) is 21.5 Å². The molecule has 2 aromatic heterocycles. The van der Waals surface area contributed by atoms with Gasteiger partial charge in [-0.05, 0) is 13.0 Å². The molecular formula is C11H15N3OS2. The third-order valence-electron chi connectivity index (χ3n) is 2.19. The summed E-state index contributed by atoms with van der Waals surface area (Å²) in [5.41, 5.74) is 0. The molecule has 2 aromatic rings. The van der Waals surface area contributed by atoms with E-state index >= 15 is 0 Å². The molecule has 2 rings (SSSR count). The summed E-state index contributed by atoms with van der Waals surface area (Å²) in [7, 11) is 1.67. The predicted octanol–water partition coefficient (Wildman–Crippen LogP) is 2.77. The molecule has 0 spiro atoms. The first-order valence-electron chi connectivity index (χ1n) is 5.49. The second-order valence-corrected chi connectivity index (χ2v) is 5.50. The molecule has 0 aliphatic rings. The summed E-state index contributed by atoms with van der Waals surface area (Å²) in [4.78, 5) is 1.11. The Kier molecular flexibility index (Phi) is 4.47. The molecule has 0 amide bonds. The summed E-state index contributed by atoms with van der Waals surface area (Å²) in [5.74, 6) is 0.880. The van der Waals surface area contributed by atoms with E-state index in [0.717, 1.165) is 40.2 Å². The fraction of sp³-hybridized carbons (Fsp3) is 0.455. The molecule has 1 N–H and O–H groups in total. The summed E-state index contributed by atoms with van der Waals surface area (Å²) in [6.45, 7) is 3.96. The third-order valence-corrected chi connectivity index (χ3v) is 4.19. The maximum Gasteiger partial charge on any atom is 0.157 e. The highest BCUT2D eigenvalue weighted by Crippen LogP contribution is 2.32. The molecular weight excluding hydrogens is 254 g/mol. The van der Waals surface area contributed by atoms with Gasteiger partial charge in [0.1, 0.15) is 10.8 Å². The Labute approximate surface area is 109 Å². The predicted molar refractivity (Wildman–Crippen MR) is 71.8 cm³/mol. The van der Waals surface area contributed by atoms with E-state index in [1.807, 2.05) is 11.4 Å². The van der Waals surface area contributed by atoms with Crippen LogP contribution in [0.15, 0.2) is 11.4 Å². The Hall–Kier alpha value is -0.980. The molecule has 17 heavy (non-hydrogen) atoms. The standard InChI is InChI=1S/C11H15N3OS2/c1-3-4-12-6-10-13-14-11(17-10)9-5-8(15-2)7-16-9/h5,7,12H,3-4,6H2,1-2H3. The first-order chi connectivity index (χ1) is 8.33. The van der Waals surface area contributed by atoms with Gasteiger partial charge in [-0.2, -0.15) is 0 Å². The van der Waals surface area contributed by atoms with Crippen LogP contribution in [0.5, 0.6) is 5.75 Å². The van der Waals surface area contributed by atoms with Crippen LogP contribution >= 0.6 is 22.7 Å². The van der Waals surface area contributed by atoms with E-state index < -0.39 is 0 Å². The quantitative estimate of drug-likeness (QED) is 0.819. The summed E-state index contributed by atoms with van der Waals surface area (Å²) >= 11 is 3.26. The summed E-state index contributed by atoms with van der Waals surface area (Å²) in [5, 5.41) is 15.7. The van der Waals surface area contributed by atoms with Crippen molar-refractivity contribution >= 4 is 22.7 Å². The molecule has 0 saturated heterocycles. The SMILES string of the molecule is CCCNCc1nnc(-c2cc(OC)cs2)s1. The molecule has 0 aliphatic heterocycles. The van der Waals surface area contributed by atoms with Gasteiger partial charge >= 0.3 is 0 Å². The Bertz CT molecular complexity index is 467. The molecule has 0 fully saturated rings. The zero-order valence-corrected chi connectivity index (χ0v) is 11.5. The van der Waals surface area contributed by atoms with Crippen molar-refractivity contribution in [1.29, 1.82) is 0 Å². The maximum absolute atomic E-state index is 5.16. The van der Waals surface area contributed by atoms with Crippen molar-refractivity contribution in [3.05, 3.63) is 16.5 Å². The van der Waals surface area contributed by atoms with Gasteiger partial charge < -0.3 is 10.1 Å². The monoisotopic (exact) mass is 269 g/mol. The summed E-state index contributed by atoms with van der Waals surface area (Å²) in [6, 6.07) is 1.99. The van der Waals surface area contributed by atoms with Gasteiger partial charge in [-0.25, -0.2) is 0 Å². The van der Waals surface area contributed by atoms with Crippen molar-refractivity contribution in [3.63, 3.8) is 0 Å². The lowest BCUT2D eigenvalue weighted by Crippen LogP contribution is -2.13. The Balaban J connectivity index is 2.02. The van der Waals surface area contributed by atoms with Gasteiger partial charge in [-0.3, -0.25) is 0 Å². The highest BCUT2D eigenvalue weighted by Gasteiger charge is 2.09. The van der Waals surface area contributed by atoms with Crippen molar-refractivity contribution in [3.8, 4) is 15.6 Å². The molecule has 4 nitrogen and oxygen atoms in total. The van der Waals surface area contributed by atoms with Gasteiger partial charge in [0.25, 0.3) is 0 Å². The minimum Gasteiger partial charge on any atom is -0.496 e. The third kappa shape index (κ3) is 3.24. The largest absolute Gasteiger partial charge is 0.496 e. The first-order valence-corrected chi connectivity index (χ1v) is 7.19. The van der Waals surface area contributed by atoms with Crippen LogP contribution in [-0.2, 0) is 6.54 Å². The molecule has 92 valence electrons. The molecule has 6 heteroatoms. The first kappa shape index (κ1) is 12.5. The Morgan fingerprint density at radius 1 is 1.41 bits per heavy atom. The molecule has 0 saturated carbocycles. The molecule has 0 aromatic carbocycles. The van der Waals surface area contributed by atoms with Gasteiger partial charge in [0, 0.05) is 18.0 Å². The number of nitrogens with zero attached hydrogens (tertiary/aromatic N) is 2. The summed E-state index contributed by atoms with van der Waals surface area (Å²) in [6.07, 6.45) is 1.13. The van der Waals surface area contributed by atoms with E-state index in [1.165, 1.54) is 0 Å². The van der Waals surface area contributed by atoms with Crippen LogP contribution in [-0.4, -0.2) is 23.9 Å². The lowest BCUT2D eigenvalue weighted by molar-refractivity contribution is 0.417. The fourth-order valence-electron chi connectivity index (χ4n) is 1.33. The molecule has 0 aliphatic carbocycles. The van der Waals surface area contributed by atoms with Crippen LogP contribution in [0.25, 0.3) is 9.88 Å². The van der Waals surface area contributed by atoms with Crippen LogP contribution in [0.4, 0.5) is 0 Å². The highest BCUT2D eigenvalue weighted by atomic mass is 32.1. The van der Waals surface area contributed by atoms with E-state index in [0.29, 0.717) is 0 Å². The van der Waals surface area contributed by atoms with E-state index in [2.05, 4.69) is 22.4 Å². The van der Waals surface area contributed by atoms with Crippen LogP contribution in [0.2, 0.25) is 0 Å². The van der Waals surface area contributed by atoms with Crippen LogP contribution in [0.3, 0.4) is 0 Å². The number of aromatic nitrogens is 2. The van der Waals surface area contributed by atoms with Crippen molar-refractivity contribution in [2.75, 3.05) is 13.7 Å². The van der Waals surface area contributed by atoms with Crippen molar-refractivity contribution in [1.82, 2.24) is 15.5 Å². The van der Waals surface area contributed by atoms with Crippen LogP contribution < -0.4 is 10.1 Å². The normalized spacial score (nSPS) is 10.7. The average molecular weight is 269 g/mol. The second-order valence-electron chi connectivity index (χ2n) is 3.53. The Morgan fingerprint density at radius 2 is 2.29 bits per heavy atom. The zero-order valence-electron chi connectivity index (χ0n) is 9.90. The number of hydrogen-bond donors (Lipinski definition) is 1. The number of rotatable bonds is 6. The van der Waals surface area contributed by atoms with E-state index in [-0.39, 0.29) is 0 Å². The highest BCUT2D eigenvalue weighted by molar-refractivity contribution is 7.20. The van der Waals surface area contributed by atoms with Gasteiger partial charge in [0.2, 0.25) is 0 Å². The zero-order chi connectivity index (χ0) is 12.1. The smallest absolute Gasteiger partial charge is 0.157 e. The minimum absolute atomic E-state index is 0.800. The van der Waals surface area contributed by atoms with E-state index in [9.17, 15) is 0 Å². The maximum atomic E-state index is 5.16. The number of methoxy groups -OCH3 is 1. The van der Waals surface area contributed by atoms with Crippen molar-refractivity contribution in [2.24, 2.45) is 0 Å². The lowest BCUT2D eigenvalue weighted by atomic mass is 10.5. The summed E-state index contributed by atoms with van der Waals surface area (Å²) < 4.78 is 5.16. The topological polar surface area (TPSA) is 47.0 Å². The minimum atomic E-state index is 0.800. The average Bonchev–Trinajstić information content (AvgIpc) is 2.97. The number of nitrogens with one attached hydrogen (secondary N) is 1. The number of ether oxygens (including phenoxy) is 1. The van der Waals surface area contributed by atoms with Crippen LogP contribution in [0, 0.1) is 0 Å². The van der Waals surface area contributed by atoms with E-state index in [4.69, 9.17) is 4.74 Å². The molecule has 0 radical (unpaired) electrons. The fourth-order valence-corrected chi connectivity index (χ4v) is 3.06. The number of thiophene rings is 1. The Morgan fingerprint density at radius 3 is 3.00 bits per heavy atom. The van der Waals surface area contributed by atoms with Crippen molar-refractivity contribution < 1.29 is 4.74 Å². The second kappa shape index (κ2) is 6.09. The number of hydrogen-bond acceptors (Lipinski definition) is 6. The molecule has 0 unspecified atom stereocenters. The van der Waals surface area contributed by atoms with Crippen LogP contribution in [0.1, 0.15) is 18.4 Å². The molecule has 2 heterocycles. The van der Waals surface area contributed by atoms with Gasteiger partial charge in [0.05, 0.1) is 12.0 Å². The van der Waals surface area contributed by atoms with Gasteiger partial charge in [-0.1, -0.05) is 18.3 Å².